The Labute approximate surface area is 107 Å². The van der Waals surface area contributed by atoms with E-state index < -0.39 is 0 Å². The minimum Gasteiger partial charge on any atom is -0.497 e. The van der Waals surface area contributed by atoms with Crippen molar-refractivity contribution in [3.05, 3.63) is 65.7 Å². The molecule has 0 spiro atoms. The van der Waals surface area contributed by atoms with Crippen LogP contribution in [0.4, 0.5) is 0 Å². The lowest BCUT2D eigenvalue weighted by atomic mass is 9.88. The Kier molecular flexibility index (Phi) is 3.78. The summed E-state index contributed by atoms with van der Waals surface area (Å²) in [6.45, 7) is 1.62. The first kappa shape index (κ1) is 12.4. The largest absolute Gasteiger partial charge is 0.497 e. The number of Topliss-reactive ketones (excluding diaryl/α,β-unsaturated/α-hetero) is 1. The second-order valence-corrected chi connectivity index (χ2v) is 4.23. The predicted molar refractivity (Wildman–Crippen MR) is 72.0 cm³/mol. The molecule has 2 rings (SSSR count). The molecule has 0 saturated carbocycles. The summed E-state index contributed by atoms with van der Waals surface area (Å²) in [7, 11) is 1.63. The second kappa shape index (κ2) is 5.50. The first-order valence-electron chi connectivity index (χ1n) is 5.91. The van der Waals surface area contributed by atoms with E-state index in [1.807, 2.05) is 54.6 Å². The van der Waals surface area contributed by atoms with Gasteiger partial charge in [0.05, 0.1) is 13.0 Å². The maximum atomic E-state index is 11.9. The van der Waals surface area contributed by atoms with Gasteiger partial charge in [-0.05, 0) is 30.2 Å². The van der Waals surface area contributed by atoms with Crippen LogP contribution in [0.5, 0.6) is 5.75 Å². The number of carbonyl (C=O) groups is 1. The van der Waals surface area contributed by atoms with Gasteiger partial charge in [0.1, 0.15) is 11.5 Å². The molecule has 0 aliphatic carbocycles. The first-order chi connectivity index (χ1) is 8.72. The smallest absolute Gasteiger partial charge is 0.141 e. The lowest BCUT2D eigenvalue weighted by Crippen LogP contribution is -2.10. The summed E-state index contributed by atoms with van der Waals surface area (Å²) in [4.78, 5) is 11.9. The molecule has 0 N–H and O–H groups in total. The van der Waals surface area contributed by atoms with Gasteiger partial charge < -0.3 is 4.74 Å². The highest BCUT2D eigenvalue weighted by atomic mass is 16.5. The fourth-order valence-corrected chi connectivity index (χ4v) is 2.13. The third-order valence-electron chi connectivity index (χ3n) is 2.97. The zero-order valence-electron chi connectivity index (χ0n) is 10.6. The van der Waals surface area contributed by atoms with Gasteiger partial charge in [0, 0.05) is 0 Å². The van der Waals surface area contributed by atoms with Gasteiger partial charge in [-0.1, -0.05) is 42.5 Å². The predicted octanol–water partition coefficient (Wildman–Crippen LogP) is 3.42. The van der Waals surface area contributed by atoms with Gasteiger partial charge >= 0.3 is 0 Å². The van der Waals surface area contributed by atoms with Crippen molar-refractivity contribution in [1.82, 2.24) is 0 Å². The topological polar surface area (TPSA) is 26.3 Å². The van der Waals surface area contributed by atoms with Crippen LogP contribution in [-0.4, -0.2) is 12.9 Å². The van der Waals surface area contributed by atoms with E-state index in [-0.39, 0.29) is 11.7 Å². The van der Waals surface area contributed by atoms with Crippen LogP contribution in [-0.2, 0) is 4.79 Å². The average Bonchev–Trinajstić information content (AvgIpc) is 2.40. The third-order valence-corrected chi connectivity index (χ3v) is 2.97. The summed E-state index contributed by atoms with van der Waals surface area (Å²) < 4.78 is 5.21. The molecule has 0 bridgehead atoms. The van der Waals surface area contributed by atoms with E-state index in [2.05, 4.69) is 0 Å². The maximum absolute atomic E-state index is 11.9. The number of hydrogen-bond donors (Lipinski definition) is 0. The van der Waals surface area contributed by atoms with Crippen molar-refractivity contribution < 1.29 is 9.53 Å². The number of methoxy groups -OCH3 is 1. The quantitative estimate of drug-likeness (QED) is 0.818. The molecule has 1 unspecified atom stereocenters. The van der Waals surface area contributed by atoms with Crippen LogP contribution in [0, 0.1) is 0 Å². The van der Waals surface area contributed by atoms with Crippen molar-refractivity contribution in [2.75, 3.05) is 7.11 Å². The number of carbonyl (C=O) groups excluding carboxylic acids is 1. The average molecular weight is 240 g/mol. The van der Waals surface area contributed by atoms with Crippen LogP contribution in [0.3, 0.4) is 0 Å². The van der Waals surface area contributed by atoms with Crippen molar-refractivity contribution in [3.8, 4) is 5.75 Å². The Hall–Kier alpha value is -2.09. The molecular weight excluding hydrogens is 224 g/mol. The van der Waals surface area contributed by atoms with Crippen LogP contribution >= 0.6 is 0 Å². The highest BCUT2D eigenvalue weighted by molar-refractivity contribution is 5.87. The van der Waals surface area contributed by atoms with Gasteiger partial charge in [0.2, 0.25) is 0 Å². The van der Waals surface area contributed by atoms with Crippen LogP contribution in [0.1, 0.15) is 24.0 Å². The standard InChI is InChI=1S/C16H16O2/c1-12(17)16(13-7-4-3-5-8-13)14-9-6-10-15(11-14)18-2/h3-11,16H,1-2H3. The summed E-state index contributed by atoms with van der Waals surface area (Å²) in [5.41, 5.74) is 1.98. The number of ether oxygens (including phenoxy) is 1. The third kappa shape index (κ3) is 2.59. The molecule has 2 heteroatoms. The Morgan fingerprint density at radius 3 is 2.28 bits per heavy atom. The fraction of sp³-hybridized carbons (Fsp3) is 0.188. The molecule has 18 heavy (non-hydrogen) atoms. The van der Waals surface area contributed by atoms with Crippen LogP contribution in [0.2, 0.25) is 0 Å². The SMILES string of the molecule is COc1cccc(C(C(C)=O)c2ccccc2)c1. The van der Waals surface area contributed by atoms with Crippen molar-refractivity contribution in [3.63, 3.8) is 0 Å². The summed E-state index contributed by atoms with van der Waals surface area (Å²) >= 11 is 0. The zero-order valence-corrected chi connectivity index (χ0v) is 10.6. The molecule has 0 heterocycles. The Balaban J connectivity index is 2.45. The molecule has 0 aromatic heterocycles. The number of ketones is 1. The zero-order chi connectivity index (χ0) is 13.0. The fourth-order valence-electron chi connectivity index (χ4n) is 2.13. The van der Waals surface area contributed by atoms with Gasteiger partial charge in [-0.15, -0.1) is 0 Å². The van der Waals surface area contributed by atoms with Crippen molar-refractivity contribution in [2.45, 2.75) is 12.8 Å². The Morgan fingerprint density at radius 2 is 1.67 bits per heavy atom. The number of rotatable bonds is 4. The molecule has 2 nitrogen and oxygen atoms in total. The van der Waals surface area contributed by atoms with Crippen molar-refractivity contribution in [2.24, 2.45) is 0 Å². The summed E-state index contributed by atoms with van der Waals surface area (Å²) in [5, 5.41) is 0. The second-order valence-electron chi connectivity index (χ2n) is 4.23. The molecule has 0 amide bonds. The van der Waals surface area contributed by atoms with Gasteiger partial charge in [-0.25, -0.2) is 0 Å². The maximum Gasteiger partial charge on any atom is 0.141 e. The molecule has 0 aliphatic rings. The van der Waals surface area contributed by atoms with E-state index in [1.165, 1.54) is 0 Å². The summed E-state index contributed by atoms with van der Waals surface area (Å²) in [5.74, 6) is 0.686. The van der Waals surface area contributed by atoms with E-state index in [0.717, 1.165) is 16.9 Å². The molecule has 0 aliphatic heterocycles. The lowest BCUT2D eigenvalue weighted by molar-refractivity contribution is -0.117. The lowest BCUT2D eigenvalue weighted by Gasteiger charge is -2.15. The van der Waals surface area contributed by atoms with E-state index in [1.54, 1.807) is 14.0 Å². The van der Waals surface area contributed by atoms with E-state index in [9.17, 15) is 4.79 Å². The highest BCUT2D eigenvalue weighted by Gasteiger charge is 2.19. The van der Waals surface area contributed by atoms with Gasteiger partial charge in [-0.3, -0.25) is 4.79 Å². The molecule has 0 fully saturated rings. The molecule has 0 radical (unpaired) electrons. The Bertz CT molecular complexity index is 532. The minimum absolute atomic E-state index is 0.134. The minimum atomic E-state index is -0.221. The Morgan fingerprint density at radius 1 is 1.00 bits per heavy atom. The van der Waals surface area contributed by atoms with Crippen LogP contribution < -0.4 is 4.74 Å². The number of hydrogen-bond acceptors (Lipinski definition) is 2. The molecular formula is C16H16O2. The van der Waals surface area contributed by atoms with Crippen LogP contribution in [0.15, 0.2) is 54.6 Å². The van der Waals surface area contributed by atoms with Crippen molar-refractivity contribution in [1.29, 1.82) is 0 Å². The molecule has 0 saturated heterocycles. The van der Waals surface area contributed by atoms with Crippen molar-refractivity contribution >= 4 is 5.78 Å². The normalized spacial score (nSPS) is 11.9. The van der Waals surface area contributed by atoms with E-state index >= 15 is 0 Å². The van der Waals surface area contributed by atoms with E-state index in [0.29, 0.717) is 0 Å². The molecule has 92 valence electrons. The first-order valence-corrected chi connectivity index (χ1v) is 5.91. The molecule has 2 aromatic carbocycles. The van der Waals surface area contributed by atoms with Gasteiger partial charge in [0.25, 0.3) is 0 Å². The van der Waals surface area contributed by atoms with Crippen LogP contribution in [0.25, 0.3) is 0 Å². The highest BCUT2D eigenvalue weighted by Crippen LogP contribution is 2.27. The van der Waals surface area contributed by atoms with Gasteiger partial charge in [-0.2, -0.15) is 0 Å². The summed E-state index contributed by atoms with van der Waals surface area (Å²) in [6, 6.07) is 17.5. The monoisotopic (exact) mass is 240 g/mol. The number of benzene rings is 2. The molecule has 2 aromatic rings. The summed E-state index contributed by atoms with van der Waals surface area (Å²) in [6.07, 6.45) is 0. The van der Waals surface area contributed by atoms with E-state index in [4.69, 9.17) is 4.74 Å². The van der Waals surface area contributed by atoms with Gasteiger partial charge in [0.15, 0.2) is 0 Å². The molecule has 1 atom stereocenters.